The van der Waals surface area contributed by atoms with Crippen molar-refractivity contribution in [3.8, 4) is 6.01 Å². The van der Waals surface area contributed by atoms with Crippen LogP contribution >= 0.6 is 0 Å². The summed E-state index contributed by atoms with van der Waals surface area (Å²) in [6, 6.07) is 1.29. The highest BCUT2D eigenvalue weighted by molar-refractivity contribution is 5.70. The minimum Gasteiger partial charge on any atom is -0.479 e. The molecule has 4 heteroatoms. The van der Waals surface area contributed by atoms with Crippen LogP contribution in [0.3, 0.4) is 0 Å². The monoisotopic (exact) mass is 262 g/mol. The Kier molecular flexibility index (Phi) is 5.42. The lowest BCUT2D eigenvalue weighted by Crippen LogP contribution is -1.98. The predicted octanol–water partition coefficient (Wildman–Crippen LogP) is 3.92. The average molecular weight is 262 g/mol. The van der Waals surface area contributed by atoms with E-state index in [1.165, 1.54) is 0 Å². The normalized spacial score (nSPS) is 12.6. The molecular formula is C15H19FN2O. The van der Waals surface area contributed by atoms with Crippen molar-refractivity contribution >= 4 is 11.1 Å². The van der Waals surface area contributed by atoms with Crippen LogP contribution in [-0.4, -0.2) is 21.7 Å². The molecule has 0 radical (unpaired) electrons. The maximum atomic E-state index is 13.1. The van der Waals surface area contributed by atoms with Crippen LogP contribution in [0.15, 0.2) is 30.4 Å². The summed E-state index contributed by atoms with van der Waals surface area (Å²) in [5.41, 5.74) is 3.06. The van der Waals surface area contributed by atoms with Crippen LogP contribution < -0.4 is 0 Å². The number of nitrogens with zero attached hydrogens (tertiary/aromatic N) is 2. The molecular weight excluding hydrogens is 243 g/mol. The third-order valence-electron chi connectivity index (χ3n) is 2.83. The van der Waals surface area contributed by atoms with Gasteiger partial charge in [-0.05, 0) is 31.9 Å². The Balaban J connectivity index is 3.29. The zero-order chi connectivity index (χ0) is 14.4. The number of hydrogen-bond acceptors (Lipinski definition) is 3. The highest BCUT2D eigenvalue weighted by atomic mass is 19.1. The summed E-state index contributed by atoms with van der Waals surface area (Å²) in [7, 11) is 0. The first-order chi connectivity index (χ1) is 9.01. The number of aromatic hydroxyl groups is 1. The molecule has 0 spiro atoms. The van der Waals surface area contributed by atoms with Gasteiger partial charge in [-0.3, -0.25) is 0 Å². The Bertz CT molecular complexity index is 533. The van der Waals surface area contributed by atoms with Crippen LogP contribution in [0.2, 0.25) is 0 Å². The van der Waals surface area contributed by atoms with Crippen molar-refractivity contribution in [3.63, 3.8) is 0 Å². The fraction of sp³-hybridized carbons (Fsp3) is 0.333. The topological polar surface area (TPSA) is 46.0 Å². The van der Waals surface area contributed by atoms with Crippen LogP contribution in [-0.2, 0) is 0 Å². The van der Waals surface area contributed by atoms with Gasteiger partial charge < -0.3 is 5.11 Å². The molecule has 1 N–H and O–H groups in total. The number of allylic oxidation sites excluding steroid dienone is 5. The Morgan fingerprint density at radius 1 is 1.42 bits per heavy atom. The van der Waals surface area contributed by atoms with Gasteiger partial charge in [0.05, 0.1) is 11.4 Å². The van der Waals surface area contributed by atoms with Crippen molar-refractivity contribution in [1.29, 1.82) is 0 Å². The van der Waals surface area contributed by atoms with Gasteiger partial charge in [-0.2, -0.15) is 9.97 Å². The van der Waals surface area contributed by atoms with E-state index in [1.54, 1.807) is 12.1 Å². The van der Waals surface area contributed by atoms with Crippen LogP contribution in [0.5, 0.6) is 6.01 Å². The maximum Gasteiger partial charge on any atom is 0.314 e. The minimum atomic E-state index is -0.653. The minimum absolute atomic E-state index is 0.361. The van der Waals surface area contributed by atoms with Gasteiger partial charge in [0.2, 0.25) is 0 Å². The van der Waals surface area contributed by atoms with Gasteiger partial charge in [0, 0.05) is 5.57 Å². The van der Waals surface area contributed by atoms with Gasteiger partial charge in [0.1, 0.15) is 6.67 Å². The third-order valence-corrected chi connectivity index (χ3v) is 2.83. The highest BCUT2D eigenvalue weighted by Gasteiger charge is 2.10. The van der Waals surface area contributed by atoms with Gasteiger partial charge in [-0.1, -0.05) is 31.2 Å². The largest absolute Gasteiger partial charge is 0.479 e. The molecule has 0 unspecified atom stereocenters. The van der Waals surface area contributed by atoms with E-state index in [0.29, 0.717) is 23.4 Å². The van der Waals surface area contributed by atoms with E-state index in [2.05, 4.69) is 16.5 Å². The van der Waals surface area contributed by atoms with Crippen molar-refractivity contribution in [2.75, 3.05) is 6.67 Å². The number of alkyl halides is 1. The smallest absolute Gasteiger partial charge is 0.314 e. The lowest BCUT2D eigenvalue weighted by Gasteiger charge is -2.07. The first-order valence-corrected chi connectivity index (χ1v) is 6.17. The van der Waals surface area contributed by atoms with Crippen molar-refractivity contribution in [2.45, 2.75) is 27.2 Å². The molecule has 19 heavy (non-hydrogen) atoms. The molecule has 1 aromatic heterocycles. The second kappa shape index (κ2) is 6.83. The second-order valence-electron chi connectivity index (χ2n) is 4.23. The van der Waals surface area contributed by atoms with E-state index in [9.17, 15) is 9.50 Å². The molecule has 1 aromatic rings. The summed E-state index contributed by atoms with van der Waals surface area (Å²) in [6.45, 7) is 8.91. The van der Waals surface area contributed by atoms with E-state index >= 15 is 0 Å². The van der Waals surface area contributed by atoms with Gasteiger partial charge in [0.15, 0.2) is 0 Å². The SMILES string of the molecule is C=C(CC)c1cc(/C(=C/C(C)=C\C)CF)nc(O)n1. The lowest BCUT2D eigenvalue weighted by atomic mass is 10.1. The maximum absolute atomic E-state index is 13.1. The van der Waals surface area contributed by atoms with Crippen LogP contribution in [0.25, 0.3) is 11.1 Å². The average Bonchev–Trinajstić information content (AvgIpc) is 2.42. The van der Waals surface area contributed by atoms with E-state index in [4.69, 9.17) is 0 Å². The number of halogens is 1. The summed E-state index contributed by atoms with van der Waals surface area (Å²) in [4.78, 5) is 7.78. The molecule has 0 saturated carbocycles. The first kappa shape index (κ1) is 15.1. The molecule has 1 heterocycles. The molecule has 0 aliphatic rings. The molecule has 102 valence electrons. The highest BCUT2D eigenvalue weighted by Crippen LogP contribution is 2.22. The summed E-state index contributed by atoms with van der Waals surface area (Å²) >= 11 is 0. The van der Waals surface area contributed by atoms with E-state index in [-0.39, 0.29) is 6.01 Å². The standard InChI is InChI=1S/C15H19FN2O/c1-5-10(3)7-12(9-16)14-8-13(11(4)6-2)17-15(19)18-14/h5,7-8H,4,6,9H2,1-3H3,(H,17,18,19)/b10-5-,12-7+. The Morgan fingerprint density at radius 2 is 2.05 bits per heavy atom. The first-order valence-electron chi connectivity index (χ1n) is 6.17. The fourth-order valence-corrected chi connectivity index (χ4v) is 1.50. The van der Waals surface area contributed by atoms with Gasteiger partial charge in [-0.25, -0.2) is 4.39 Å². The predicted molar refractivity (Wildman–Crippen MR) is 76.4 cm³/mol. The summed E-state index contributed by atoms with van der Waals surface area (Å²) in [5.74, 6) is 0. The quantitative estimate of drug-likeness (QED) is 0.818. The van der Waals surface area contributed by atoms with E-state index in [1.807, 2.05) is 26.8 Å². The Hall–Kier alpha value is -1.97. The molecule has 0 bridgehead atoms. The Labute approximate surface area is 113 Å². The molecule has 0 fully saturated rings. The Morgan fingerprint density at radius 3 is 2.58 bits per heavy atom. The molecule has 0 aromatic carbocycles. The molecule has 0 atom stereocenters. The fourth-order valence-electron chi connectivity index (χ4n) is 1.50. The second-order valence-corrected chi connectivity index (χ2v) is 4.23. The van der Waals surface area contributed by atoms with Crippen LogP contribution in [0, 0.1) is 0 Å². The van der Waals surface area contributed by atoms with E-state index in [0.717, 1.165) is 11.1 Å². The van der Waals surface area contributed by atoms with Crippen LogP contribution in [0.4, 0.5) is 4.39 Å². The molecule has 1 rings (SSSR count). The van der Waals surface area contributed by atoms with Crippen molar-refractivity contribution in [1.82, 2.24) is 9.97 Å². The molecule has 0 aliphatic heterocycles. The lowest BCUT2D eigenvalue weighted by molar-refractivity contribution is 0.428. The summed E-state index contributed by atoms with van der Waals surface area (Å²) in [6.07, 6.45) is 4.29. The number of aromatic nitrogens is 2. The molecule has 3 nitrogen and oxygen atoms in total. The number of hydrogen-bond donors (Lipinski definition) is 1. The zero-order valence-electron chi connectivity index (χ0n) is 11.6. The molecule has 0 saturated heterocycles. The zero-order valence-corrected chi connectivity index (χ0v) is 11.6. The molecule has 0 aliphatic carbocycles. The van der Waals surface area contributed by atoms with Gasteiger partial charge in [-0.15, -0.1) is 0 Å². The van der Waals surface area contributed by atoms with Crippen LogP contribution in [0.1, 0.15) is 38.6 Å². The van der Waals surface area contributed by atoms with Crippen molar-refractivity contribution < 1.29 is 9.50 Å². The number of rotatable bonds is 5. The molecule has 0 amide bonds. The van der Waals surface area contributed by atoms with Crippen molar-refractivity contribution in [2.24, 2.45) is 0 Å². The van der Waals surface area contributed by atoms with E-state index < -0.39 is 6.67 Å². The van der Waals surface area contributed by atoms with Crippen molar-refractivity contribution in [3.05, 3.63) is 41.8 Å². The third kappa shape index (κ3) is 4.02. The van der Waals surface area contributed by atoms with Gasteiger partial charge >= 0.3 is 6.01 Å². The summed E-state index contributed by atoms with van der Waals surface area (Å²) in [5, 5.41) is 9.55. The van der Waals surface area contributed by atoms with Gasteiger partial charge in [0.25, 0.3) is 0 Å². The summed E-state index contributed by atoms with van der Waals surface area (Å²) < 4.78 is 13.1.